The number of hydrogen-bond acceptors (Lipinski definition) is 5. The van der Waals surface area contributed by atoms with Gasteiger partial charge in [0.15, 0.2) is 12.1 Å². The van der Waals surface area contributed by atoms with Gasteiger partial charge in [0, 0.05) is 12.5 Å². The maximum absolute atomic E-state index is 14.4. The summed E-state index contributed by atoms with van der Waals surface area (Å²) in [6.07, 6.45) is 2.18. The number of fused-ring (bicyclic) bond motifs is 1. The second kappa shape index (κ2) is 8.06. The van der Waals surface area contributed by atoms with Crippen molar-refractivity contribution in [2.45, 2.75) is 45.5 Å². The van der Waals surface area contributed by atoms with Gasteiger partial charge in [0.2, 0.25) is 0 Å². The number of carbonyl (C=O) groups excluding carboxylic acids is 2. The minimum Gasteiger partial charge on any atom is -0.466 e. The van der Waals surface area contributed by atoms with E-state index >= 15 is 0 Å². The minimum absolute atomic E-state index is 0.00904. The first-order valence-electron chi connectivity index (χ1n) is 9.50. The Morgan fingerprint density at radius 1 is 1.41 bits per heavy atom. The molecule has 0 aromatic heterocycles. The number of allylic oxidation sites excluding steroid dienone is 1. The lowest BCUT2D eigenvalue weighted by Crippen LogP contribution is -2.47. The molecule has 156 valence electrons. The van der Waals surface area contributed by atoms with E-state index < -0.39 is 47.1 Å². The quantitative estimate of drug-likeness (QED) is 0.409. The number of halogens is 2. The van der Waals surface area contributed by atoms with Gasteiger partial charge in [-0.2, -0.15) is 0 Å². The van der Waals surface area contributed by atoms with Crippen molar-refractivity contribution in [1.82, 2.24) is 0 Å². The molecular formula is C22H24F2O5. The Balaban J connectivity index is 1.92. The molecule has 4 atom stereocenters. The van der Waals surface area contributed by atoms with Crippen LogP contribution in [0.25, 0.3) is 0 Å². The predicted molar refractivity (Wildman–Crippen MR) is 101 cm³/mol. The highest BCUT2D eigenvalue weighted by atomic mass is 19.1. The highest BCUT2D eigenvalue weighted by Gasteiger charge is 2.55. The highest BCUT2D eigenvalue weighted by molar-refractivity contribution is 6.06. The number of esters is 1. The maximum Gasteiger partial charge on any atom is 0.317 e. The van der Waals surface area contributed by atoms with Gasteiger partial charge in [-0.05, 0) is 49.4 Å². The van der Waals surface area contributed by atoms with Crippen molar-refractivity contribution in [3.63, 3.8) is 0 Å². The van der Waals surface area contributed by atoms with Crippen LogP contribution in [0, 0.1) is 30.4 Å². The number of aryl methyl sites for hydroxylation is 1. The molecule has 1 aliphatic carbocycles. The topological polar surface area (TPSA) is 61.8 Å². The second-order valence-corrected chi connectivity index (χ2v) is 7.58. The van der Waals surface area contributed by atoms with E-state index in [0.717, 1.165) is 6.07 Å². The van der Waals surface area contributed by atoms with E-state index in [1.54, 1.807) is 13.8 Å². The van der Waals surface area contributed by atoms with Gasteiger partial charge in [-0.3, -0.25) is 9.59 Å². The maximum atomic E-state index is 14.4. The Hall–Kier alpha value is -2.54. The molecule has 1 saturated heterocycles. The van der Waals surface area contributed by atoms with E-state index in [0.29, 0.717) is 5.76 Å². The van der Waals surface area contributed by atoms with Crippen molar-refractivity contribution < 1.29 is 32.6 Å². The molecule has 1 aromatic rings. The third-order valence-electron chi connectivity index (χ3n) is 5.49. The van der Waals surface area contributed by atoms with Crippen LogP contribution >= 0.6 is 0 Å². The van der Waals surface area contributed by atoms with Gasteiger partial charge in [0.25, 0.3) is 0 Å². The van der Waals surface area contributed by atoms with Gasteiger partial charge < -0.3 is 14.2 Å². The number of hydrogen-bond donors (Lipinski definition) is 0. The fourth-order valence-electron chi connectivity index (χ4n) is 3.94. The molecule has 1 fully saturated rings. The first kappa shape index (κ1) is 21.2. The summed E-state index contributed by atoms with van der Waals surface area (Å²) in [6.45, 7) is 8.44. The molecule has 0 saturated carbocycles. The summed E-state index contributed by atoms with van der Waals surface area (Å²) in [4.78, 5) is 24.8. The van der Waals surface area contributed by atoms with Gasteiger partial charge in [0.05, 0.1) is 0 Å². The third kappa shape index (κ3) is 3.96. The second-order valence-electron chi connectivity index (χ2n) is 7.58. The molecule has 1 aliphatic heterocycles. The predicted octanol–water partition coefficient (Wildman–Crippen LogP) is 3.79. The summed E-state index contributed by atoms with van der Waals surface area (Å²) in [5.74, 6) is -3.27. The largest absolute Gasteiger partial charge is 0.466 e. The zero-order valence-electron chi connectivity index (χ0n) is 16.7. The van der Waals surface area contributed by atoms with Gasteiger partial charge in [-0.25, -0.2) is 8.78 Å². The number of benzene rings is 1. The van der Waals surface area contributed by atoms with E-state index in [9.17, 15) is 18.4 Å². The van der Waals surface area contributed by atoms with Crippen molar-refractivity contribution in [3.05, 3.63) is 59.4 Å². The number of ketones is 1. The third-order valence-corrected chi connectivity index (χ3v) is 5.49. The molecule has 3 rings (SSSR count). The van der Waals surface area contributed by atoms with E-state index in [2.05, 4.69) is 6.58 Å². The van der Waals surface area contributed by atoms with E-state index in [4.69, 9.17) is 14.2 Å². The molecule has 1 heterocycles. The molecule has 0 amide bonds. The van der Waals surface area contributed by atoms with Crippen molar-refractivity contribution in [1.29, 1.82) is 0 Å². The first-order valence-corrected chi connectivity index (χ1v) is 9.50. The molecule has 1 unspecified atom stereocenters. The Labute approximate surface area is 168 Å². The number of ether oxygens (including phenoxy) is 3. The van der Waals surface area contributed by atoms with Crippen LogP contribution in [0.1, 0.15) is 31.4 Å². The molecule has 0 spiro atoms. The summed E-state index contributed by atoms with van der Waals surface area (Å²) < 4.78 is 45.1. The molecule has 29 heavy (non-hydrogen) atoms. The molecule has 0 bridgehead atoms. The van der Waals surface area contributed by atoms with Crippen LogP contribution in [0.5, 0.6) is 0 Å². The number of rotatable bonds is 6. The Morgan fingerprint density at radius 3 is 2.83 bits per heavy atom. The van der Waals surface area contributed by atoms with Crippen molar-refractivity contribution in [2.75, 3.05) is 6.61 Å². The Bertz CT molecular complexity index is 878. The fourth-order valence-corrected chi connectivity index (χ4v) is 3.94. The summed E-state index contributed by atoms with van der Waals surface area (Å²) in [5, 5.41) is 0. The first-order chi connectivity index (χ1) is 13.7. The van der Waals surface area contributed by atoms with Crippen LogP contribution in [-0.2, 0) is 30.2 Å². The van der Waals surface area contributed by atoms with Gasteiger partial charge in [-0.1, -0.05) is 19.6 Å². The van der Waals surface area contributed by atoms with Crippen LogP contribution in [0.15, 0.2) is 36.6 Å². The van der Waals surface area contributed by atoms with Crippen molar-refractivity contribution >= 4 is 11.8 Å². The Morgan fingerprint density at radius 2 is 2.14 bits per heavy atom. The van der Waals surface area contributed by atoms with Crippen LogP contribution in [0.2, 0.25) is 0 Å². The summed E-state index contributed by atoms with van der Waals surface area (Å²) >= 11 is 0. The fraction of sp³-hybridized carbons (Fsp3) is 0.455. The summed E-state index contributed by atoms with van der Waals surface area (Å²) in [5.41, 5.74) is -0.695. The number of carbonyl (C=O) groups is 2. The lowest BCUT2D eigenvalue weighted by molar-refractivity contribution is -0.156. The summed E-state index contributed by atoms with van der Waals surface area (Å²) in [7, 11) is 0. The molecular weight excluding hydrogens is 382 g/mol. The van der Waals surface area contributed by atoms with E-state index in [-0.39, 0.29) is 30.6 Å². The van der Waals surface area contributed by atoms with Crippen LogP contribution in [-0.4, -0.2) is 30.3 Å². The SMILES string of the molecule is C=CCOC(=O)[C@@H]1C[C@]2([C@H](C)Cc3cc(F)c(C)cc3F)OC(C)OC2=CC1=O. The lowest BCUT2D eigenvalue weighted by Gasteiger charge is -2.38. The van der Waals surface area contributed by atoms with Crippen molar-refractivity contribution in [2.24, 2.45) is 11.8 Å². The van der Waals surface area contributed by atoms with Crippen LogP contribution in [0.3, 0.4) is 0 Å². The molecule has 7 heteroatoms. The van der Waals surface area contributed by atoms with Gasteiger partial charge >= 0.3 is 5.97 Å². The van der Waals surface area contributed by atoms with Gasteiger partial charge in [0.1, 0.15) is 35.5 Å². The summed E-state index contributed by atoms with van der Waals surface area (Å²) in [6, 6.07) is 2.32. The lowest BCUT2D eigenvalue weighted by atomic mass is 9.72. The average molecular weight is 406 g/mol. The minimum atomic E-state index is -1.11. The molecule has 0 N–H and O–H groups in total. The Kier molecular flexibility index (Phi) is 5.89. The van der Waals surface area contributed by atoms with E-state index in [1.165, 1.54) is 25.1 Å². The van der Waals surface area contributed by atoms with Crippen LogP contribution < -0.4 is 0 Å². The van der Waals surface area contributed by atoms with Crippen LogP contribution in [0.4, 0.5) is 8.78 Å². The average Bonchev–Trinajstić information content (AvgIpc) is 2.99. The smallest absolute Gasteiger partial charge is 0.317 e. The van der Waals surface area contributed by atoms with E-state index in [1.807, 2.05) is 0 Å². The zero-order valence-corrected chi connectivity index (χ0v) is 16.7. The van der Waals surface area contributed by atoms with Gasteiger partial charge in [-0.15, -0.1) is 0 Å². The molecule has 5 nitrogen and oxygen atoms in total. The molecule has 2 aliphatic rings. The standard InChI is InChI=1S/C22H24F2O5/c1-5-6-27-21(26)16-11-22(20(10-19(16)25)28-14(4)29-22)13(3)8-15-9-17(23)12(2)7-18(15)24/h5,7,9-10,13-14,16H,1,6,8,11H2,2-4H3/t13-,14?,16-,22-/m1/s1. The molecule has 1 aromatic carbocycles. The highest BCUT2D eigenvalue weighted by Crippen LogP contribution is 2.48. The normalized spacial score (nSPS) is 26.9. The molecule has 0 radical (unpaired) electrons. The van der Waals surface area contributed by atoms with Crippen molar-refractivity contribution in [3.8, 4) is 0 Å². The monoisotopic (exact) mass is 406 g/mol. The zero-order chi connectivity index (χ0) is 21.3.